The van der Waals surface area contributed by atoms with Crippen molar-refractivity contribution >= 4 is 5.91 Å². The third-order valence-electron chi connectivity index (χ3n) is 4.82. The minimum atomic E-state index is -0.0000681. The Balaban J connectivity index is 1.91. The van der Waals surface area contributed by atoms with Crippen LogP contribution < -0.4 is 20.5 Å². The molecule has 1 aliphatic rings. The van der Waals surface area contributed by atoms with Crippen LogP contribution in [0.4, 0.5) is 0 Å². The standard InChI is InChI=1S/C18H28N2O3/c1-22-15-7-6-14(10-16(15)23-2)12-20-17(21)11-18(13-19)8-4-3-5-9-18/h6-7,10H,3-5,8-9,11-13,19H2,1-2H3,(H,20,21). The Hall–Kier alpha value is -1.75. The molecule has 5 nitrogen and oxygen atoms in total. The molecule has 0 bridgehead atoms. The van der Waals surface area contributed by atoms with Gasteiger partial charge < -0.3 is 20.5 Å². The van der Waals surface area contributed by atoms with Crippen molar-refractivity contribution in [3.63, 3.8) is 0 Å². The number of rotatable bonds is 7. The van der Waals surface area contributed by atoms with Crippen LogP contribution in [0.25, 0.3) is 0 Å². The molecule has 23 heavy (non-hydrogen) atoms. The fraction of sp³-hybridized carbons (Fsp3) is 0.611. The zero-order chi connectivity index (χ0) is 16.7. The van der Waals surface area contributed by atoms with Gasteiger partial charge in [-0.15, -0.1) is 0 Å². The zero-order valence-corrected chi connectivity index (χ0v) is 14.2. The van der Waals surface area contributed by atoms with Gasteiger partial charge >= 0.3 is 0 Å². The topological polar surface area (TPSA) is 73.6 Å². The Morgan fingerprint density at radius 1 is 1.17 bits per heavy atom. The highest BCUT2D eigenvalue weighted by Crippen LogP contribution is 2.38. The van der Waals surface area contributed by atoms with Gasteiger partial charge in [0.1, 0.15) is 0 Å². The highest BCUT2D eigenvalue weighted by atomic mass is 16.5. The number of carbonyl (C=O) groups excluding carboxylic acids is 1. The molecule has 1 fully saturated rings. The molecule has 0 atom stereocenters. The van der Waals surface area contributed by atoms with Crippen molar-refractivity contribution in [2.75, 3.05) is 20.8 Å². The summed E-state index contributed by atoms with van der Waals surface area (Å²) in [7, 11) is 3.21. The molecule has 1 aromatic carbocycles. The van der Waals surface area contributed by atoms with Gasteiger partial charge in [-0.25, -0.2) is 0 Å². The average Bonchev–Trinajstić information content (AvgIpc) is 2.60. The predicted molar refractivity (Wildman–Crippen MR) is 90.6 cm³/mol. The van der Waals surface area contributed by atoms with Crippen LogP contribution in [0.3, 0.4) is 0 Å². The van der Waals surface area contributed by atoms with Gasteiger partial charge in [0, 0.05) is 13.0 Å². The fourth-order valence-corrected chi connectivity index (χ4v) is 3.35. The number of ether oxygens (including phenoxy) is 2. The van der Waals surface area contributed by atoms with E-state index in [2.05, 4.69) is 5.32 Å². The van der Waals surface area contributed by atoms with Crippen LogP contribution >= 0.6 is 0 Å². The van der Waals surface area contributed by atoms with E-state index in [1.54, 1.807) is 14.2 Å². The molecule has 1 aliphatic carbocycles. The smallest absolute Gasteiger partial charge is 0.220 e. The molecule has 0 heterocycles. The summed E-state index contributed by atoms with van der Waals surface area (Å²) in [5, 5.41) is 3.00. The van der Waals surface area contributed by atoms with Crippen LogP contribution in [0.15, 0.2) is 18.2 Å². The van der Waals surface area contributed by atoms with Crippen molar-refractivity contribution in [1.29, 1.82) is 0 Å². The number of amides is 1. The number of benzene rings is 1. The van der Waals surface area contributed by atoms with Gasteiger partial charge in [0.2, 0.25) is 5.91 Å². The number of carbonyl (C=O) groups is 1. The molecule has 1 amide bonds. The fourth-order valence-electron chi connectivity index (χ4n) is 3.35. The third kappa shape index (κ3) is 4.61. The van der Waals surface area contributed by atoms with Crippen LogP contribution in [-0.2, 0) is 11.3 Å². The summed E-state index contributed by atoms with van der Waals surface area (Å²) in [6, 6.07) is 5.67. The van der Waals surface area contributed by atoms with Crippen molar-refractivity contribution in [3.8, 4) is 11.5 Å². The summed E-state index contributed by atoms with van der Waals surface area (Å²) in [5.41, 5.74) is 6.94. The molecule has 0 spiro atoms. The molecular formula is C18H28N2O3. The van der Waals surface area contributed by atoms with E-state index in [-0.39, 0.29) is 11.3 Å². The van der Waals surface area contributed by atoms with Crippen molar-refractivity contribution in [3.05, 3.63) is 23.8 Å². The minimum absolute atomic E-state index is 0.0000681. The lowest BCUT2D eigenvalue weighted by atomic mass is 9.71. The van der Waals surface area contributed by atoms with E-state index in [0.29, 0.717) is 31.0 Å². The maximum absolute atomic E-state index is 12.3. The highest BCUT2D eigenvalue weighted by molar-refractivity contribution is 5.76. The van der Waals surface area contributed by atoms with Crippen molar-refractivity contribution < 1.29 is 14.3 Å². The molecule has 0 saturated heterocycles. The lowest BCUT2D eigenvalue weighted by molar-refractivity contribution is -0.124. The van der Waals surface area contributed by atoms with E-state index in [1.807, 2.05) is 18.2 Å². The van der Waals surface area contributed by atoms with Crippen LogP contribution in [0.5, 0.6) is 11.5 Å². The maximum Gasteiger partial charge on any atom is 0.220 e. The summed E-state index contributed by atoms with van der Waals surface area (Å²) in [6.45, 7) is 1.08. The molecule has 1 saturated carbocycles. The van der Waals surface area contributed by atoms with Crippen molar-refractivity contribution in [2.45, 2.75) is 45.1 Å². The van der Waals surface area contributed by atoms with E-state index in [0.717, 1.165) is 18.4 Å². The lowest BCUT2D eigenvalue weighted by Gasteiger charge is -2.35. The maximum atomic E-state index is 12.3. The van der Waals surface area contributed by atoms with E-state index < -0.39 is 0 Å². The zero-order valence-electron chi connectivity index (χ0n) is 14.2. The summed E-state index contributed by atoms with van der Waals surface area (Å²) >= 11 is 0. The third-order valence-corrected chi connectivity index (χ3v) is 4.82. The summed E-state index contributed by atoms with van der Waals surface area (Å²) in [6.07, 6.45) is 6.27. The number of hydrogen-bond donors (Lipinski definition) is 2. The molecule has 128 valence electrons. The van der Waals surface area contributed by atoms with Gasteiger partial charge in [0.25, 0.3) is 0 Å². The number of nitrogens with two attached hydrogens (primary N) is 1. The van der Waals surface area contributed by atoms with Gasteiger partial charge in [0.05, 0.1) is 14.2 Å². The summed E-state index contributed by atoms with van der Waals surface area (Å²) in [5.74, 6) is 1.43. The number of methoxy groups -OCH3 is 2. The van der Waals surface area contributed by atoms with Gasteiger partial charge in [-0.05, 0) is 42.5 Å². The molecule has 5 heteroatoms. The van der Waals surface area contributed by atoms with E-state index in [1.165, 1.54) is 19.3 Å². The molecule has 1 aromatic rings. The number of hydrogen-bond acceptors (Lipinski definition) is 4. The molecular weight excluding hydrogens is 292 g/mol. The molecule has 0 unspecified atom stereocenters. The second-order valence-electron chi connectivity index (χ2n) is 6.41. The first-order valence-corrected chi connectivity index (χ1v) is 8.30. The van der Waals surface area contributed by atoms with Crippen LogP contribution in [0, 0.1) is 5.41 Å². The first-order chi connectivity index (χ1) is 11.1. The Labute approximate surface area is 138 Å². The van der Waals surface area contributed by atoms with E-state index in [9.17, 15) is 4.79 Å². The molecule has 2 rings (SSSR count). The normalized spacial score (nSPS) is 16.7. The molecule has 3 N–H and O–H groups in total. The van der Waals surface area contributed by atoms with Gasteiger partial charge in [-0.1, -0.05) is 25.3 Å². The first kappa shape index (κ1) is 17.6. The molecule has 0 aromatic heterocycles. The Kier molecular flexibility index (Phi) is 6.28. The van der Waals surface area contributed by atoms with Crippen LogP contribution in [0.1, 0.15) is 44.1 Å². The average molecular weight is 320 g/mol. The molecule has 0 aliphatic heterocycles. The SMILES string of the molecule is COc1ccc(CNC(=O)CC2(CN)CCCCC2)cc1OC. The Morgan fingerprint density at radius 3 is 2.48 bits per heavy atom. The Bertz CT molecular complexity index is 525. The van der Waals surface area contributed by atoms with Crippen molar-refractivity contribution in [1.82, 2.24) is 5.32 Å². The van der Waals surface area contributed by atoms with Crippen LogP contribution in [0.2, 0.25) is 0 Å². The van der Waals surface area contributed by atoms with E-state index >= 15 is 0 Å². The monoisotopic (exact) mass is 320 g/mol. The van der Waals surface area contributed by atoms with Crippen molar-refractivity contribution in [2.24, 2.45) is 11.1 Å². The van der Waals surface area contributed by atoms with Crippen LogP contribution in [-0.4, -0.2) is 26.7 Å². The minimum Gasteiger partial charge on any atom is -0.493 e. The quantitative estimate of drug-likeness (QED) is 0.810. The second kappa shape index (κ2) is 8.20. The van der Waals surface area contributed by atoms with E-state index in [4.69, 9.17) is 15.2 Å². The van der Waals surface area contributed by atoms with Gasteiger partial charge in [-0.3, -0.25) is 4.79 Å². The molecule has 0 radical (unpaired) electrons. The largest absolute Gasteiger partial charge is 0.493 e. The number of nitrogens with one attached hydrogen (secondary N) is 1. The first-order valence-electron chi connectivity index (χ1n) is 8.30. The Morgan fingerprint density at radius 2 is 1.87 bits per heavy atom. The van der Waals surface area contributed by atoms with Gasteiger partial charge in [0.15, 0.2) is 11.5 Å². The van der Waals surface area contributed by atoms with Gasteiger partial charge in [-0.2, -0.15) is 0 Å². The summed E-state index contributed by atoms with van der Waals surface area (Å²) < 4.78 is 10.5. The lowest BCUT2D eigenvalue weighted by Crippen LogP contribution is -2.38. The predicted octanol–water partition coefficient (Wildman–Crippen LogP) is 2.62. The highest BCUT2D eigenvalue weighted by Gasteiger charge is 2.32. The summed E-state index contributed by atoms with van der Waals surface area (Å²) in [4.78, 5) is 12.3. The second-order valence-corrected chi connectivity index (χ2v) is 6.41.